The summed E-state index contributed by atoms with van der Waals surface area (Å²) in [6.07, 6.45) is 0. The first-order chi connectivity index (χ1) is 37.1. The van der Waals surface area contributed by atoms with Gasteiger partial charge in [0, 0.05) is 43.7 Å². The third-order valence-electron chi connectivity index (χ3n) is 16.4. The fraction of sp³-hybridized carbons (Fsp3) is 0.0423. The minimum Gasteiger partial charge on any atom is -0.454 e. The van der Waals surface area contributed by atoms with E-state index >= 15 is 0 Å². The second-order valence-electron chi connectivity index (χ2n) is 20.3. The van der Waals surface area contributed by atoms with Gasteiger partial charge in [0.15, 0.2) is 11.2 Å². The highest BCUT2D eigenvalue weighted by atomic mass is 16.3. The molecule has 0 atom stereocenters. The third kappa shape index (κ3) is 5.66. The Morgan fingerprint density at radius 2 is 0.627 bits per heavy atom. The number of fused-ring (bicyclic) bond motifs is 20. The van der Waals surface area contributed by atoms with Crippen LogP contribution >= 0.6 is 0 Å². The molecule has 0 N–H and O–H groups in total. The van der Waals surface area contributed by atoms with Gasteiger partial charge in [-0.1, -0.05) is 194 Å². The highest BCUT2D eigenvalue weighted by Gasteiger charge is 2.53. The van der Waals surface area contributed by atoms with E-state index in [0.29, 0.717) is 0 Å². The van der Waals surface area contributed by atoms with E-state index in [1.807, 2.05) is 0 Å². The van der Waals surface area contributed by atoms with Crippen molar-refractivity contribution < 1.29 is 8.83 Å². The summed E-state index contributed by atoms with van der Waals surface area (Å²) < 4.78 is 14.1. The molecule has 14 aromatic rings. The first-order valence-corrected chi connectivity index (χ1v) is 25.9. The summed E-state index contributed by atoms with van der Waals surface area (Å²) in [6, 6.07) is 89.3. The predicted octanol–water partition coefficient (Wildman–Crippen LogP) is 19.7. The van der Waals surface area contributed by atoms with Crippen molar-refractivity contribution in [2.45, 2.75) is 19.3 Å². The summed E-state index contributed by atoms with van der Waals surface area (Å²) in [5, 5.41) is 9.11. The van der Waals surface area contributed by atoms with Gasteiger partial charge in [0.25, 0.3) is 0 Å². The molecule has 0 fully saturated rings. The van der Waals surface area contributed by atoms with Crippen LogP contribution in [-0.2, 0) is 5.41 Å². The quantitative estimate of drug-likeness (QED) is 0.166. The molecule has 2 aliphatic rings. The van der Waals surface area contributed by atoms with Crippen LogP contribution in [-0.4, -0.2) is 0 Å². The molecule has 4 nitrogen and oxygen atoms in total. The van der Waals surface area contributed by atoms with E-state index in [9.17, 15) is 0 Å². The molecule has 2 heterocycles. The first kappa shape index (κ1) is 41.9. The lowest BCUT2D eigenvalue weighted by atomic mass is 9.70. The van der Waals surface area contributed by atoms with Crippen LogP contribution in [0.5, 0.6) is 0 Å². The summed E-state index contributed by atoms with van der Waals surface area (Å²) >= 11 is 0. The average Bonchev–Trinajstić information content (AvgIpc) is 4.22. The van der Waals surface area contributed by atoms with Crippen molar-refractivity contribution >= 4 is 99.5 Å². The number of aryl methyl sites for hydroxylation is 2. The minimum absolute atomic E-state index is 0.731. The lowest BCUT2D eigenvalue weighted by Crippen LogP contribution is -2.26. The van der Waals surface area contributed by atoms with E-state index < -0.39 is 5.41 Å². The summed E-state index contributed by atoms with van der Waals surface area (Å²) in [4.78, 5) is 4.89. The molecule has 2 aromatic heterocycles. The SMILES string of the molecule is Cc1cccc2c1oc1c(N(c3ccccc3)c3cc4c(c5ccccc35)-c3c(cc(N(c5ccccc5)c5cccc6c5oc5c(C)cccc56)c5ccccc35)C43c4ccccc4-c4ccccc43)cccc12. The Labute approximate surface area is 433 Å². The zero-order valence-corrected chi connectivity index (χ0v) is 41.3. The van der Waals surface area contributed by atoms with Gasteiger partial charge in [-0.05, 0) is 129 Å². The molecule has 0 unspecified atom stereocenters. The Morgan fingerprint density at radius 1 is 0.280 bits per heavy atom. The van der Waals surface area contributed by atoms with Crippen molar-refractivity contribution in [3.05, 3.63) is 276 Å². The number of nitrogens with zero attached hydrogens (tertiary/aromatic N) is 2. The van der Waals surface area contributed by atoms with Crippen molar-refractivity contribution in [2.24, 2.45) is 0 Å². The molecule has 352 valence electrons. The van der Waals surface area contributed by atoms with E-state index in [2.05, 4.69) is 266 Å². The third-order valence-corrected chi connectivity index (χ3v) is 16.4. The monoisotopic (exact) mass is 958 g/mol. The van der Waals surface area contributed by atoms with Crippen molar-refractivity contribution in [3.63, 3.8) is 0 Å². The van der Waals surface area contributed by atoms with Crippen LogP contribution < -0.4 is 9.80 Å². The van der Waals surface area contributed by atoms with Crippen LogP contribution in [0.3, 0.4) is 0 Å². The average molecular weight is 959 g/mol. The van der Waals surface area contributed by atoms with E-state index in [0.717, 1.165) is 99.9 Å². The number of anilines is 6. The predicted molar refractivity (Wildman–Crippen MR) is 311 cm³/mol. The van der Waals surface area contributed by atoms with Gasteiger partial charge in [-0.3, -0.25) is 0 Å². The maximum absolute atomic E-state index is 7.03. The smallest absolute Gasteiger partial charge is 0.159 e. The fourth-order valence-corrected chi connectivity index (χ4v) is 13.4. The topological polar surface area (TPSA) is 32.8 Å². The highest BCUT2D eigenvalue weighted by Crippen LogP contribution is 2.67. The van der Waals surface area contributed by atoms with E-state index in [4.69, 9.17) is 8.83 Å². The molecule has 2 aliphatic carbocycles. The summed E-state index contributed by atoms with van der Waals surface area (Å²) in [5.74, 6) is 0. The molecule has 16 rings (SSSR count). The second kappa shape index (κ2) is 15.7. The van der Waals surface area contributed by atoms with Crippen LogP contribution in [0, 0.1) is 13.8 Å². The Morgan fingerprint density at radius 3 is 1.07 bits per heavy atom. The van der Waals surface area contributed by atoms with E-state index in [-0.39, 0.29) is 0 Å². The van der Waals surface area contributed by atoms with Crippen LogP contribution in [0.1, 0.15) is 33.4 Å². The van der Waals surface area contributed by atoms with E-state index in [1.54, 1.807) is 0 Å². The van der Waals surface area contributed by atoms with Gasteiger partial charge in [-0.15, -0.1) is 0 Å². The number of rotatable bonds is 6. The zero-order valence-electron chi connectivity index (χ0n) is 41.3. The lowest BCUT2D eigenvalue weighted by Gasteiger charge is -2.34. The van der Waals surface area contributed by atoms with Gasteiger partial charge in [0.1, 0.15) is 11.2 Å². The van der Waals surface area contributed by atoms with Crippen molar-refractivity contribution in [2.75, 3.05) is 9.80 Å². The number of benzene rings is 12. The molecule has 0 radical (unpaired) electrons. The van der Waals surface area contributed by atoms with Crippen LogP contribution in [0.15, 0.2) is 251 Å². The maximum Gasteiger partial charge on any atom is 0.159 e. The van der Waals surface area contributed by atoms with Crippen LogP contribution in [0.2, 0.25) is 0 Å². The Kier molecular flexibility index (Phi) is 8.77. The molecule has 75 heavy (non-hydrogen) atoms. The Balaban J connectivity index is 1.06. The number of furan rings is 2. The zero-order chi connectivity index (χ0) is 49.5. The minimum atomic E-state index is -0.731. The molecule has 0 aliphatic heterocycles. The standard InChI is InChI=1S/C71H46N2O2/c1-43-21-17-33-53-55-35-19-39-61(69(55)74-67(43)53)72(45-23-5-3-6-24-45)63-41-59-65(51-31-11-9-29-49(51)63)66-52-32-12-10-30-50(52)64(42-60(66)71(59)57-37-15-13-27-47(57)48-28-14-16-38-58(48)71)73(46-25-7-4-8-26-46)62-40-20-36-56-54-34-18-22-44(2)68(54)75-70(56)62/h3-42H,1-2H3. The molecule has 12 aromatic carbocycles. The maximum atomic E-state index is 7.03. The van der Waals surface area contributed by atoms with Gasteiger partial charge in [-0.25, -0.2) is 0 Å². The molecular weight excluding hydrogens is 913 g/mol. The van der Waals surface area contributed by atoms with Crippen molar-refractivity contribution in [1.29, 1.82) is 0 Å². The van der Waals surface area contributed by atoms with E-state index in [1.165, 1.54) is 55.3 Å². The van der Waals surface area contributed by atoms with Crippen molar-refractivity contribution in [3.8, 4) is 22.3 Å². The van der Waals surface area contributed by atoms with Gasteiger partial charge < -0.3 is 18.6 Å². The van der Waals surface area contributed by atoms with Gasteiger partial charge >= 0.3 is 0 Å². The van der Waals surface area contributed by atoms with Crippen LogP contribution in [0.25, 0.3) is 87.7 Å². The van der Waals surface area contributed by atoms with Gasteiger partial charge in [0.05, 0.1) is 28.2 Å². The molecule has 0 saturated carbocycles. The van der Waals surface area contributed by atoms with Gasteiger partial charge in [-0.2, -0.15) is 0 Å². The molecular formula is C71H46N2O2. The normalized spacial score (nSPS) is 13.0. The van der Waals surface area contributed by atoms with Crippen LogP contribution in [0.4, 0.5) is 34.1 Å². The van der Waals surface area contributed by atoms with Gasteiger partial charge in [0.2, 0.25) is 0 Å². The first-order valence-electron chi connectivity index (χ1n) is 25.9. The Bertz CT molecular complexity index is 4400. The number of hydrogen-bond donors (Lipinski definition) is 0. The number of para-hydroxylation sites is 6. The Hall–Kier alpha value is -9.64. The van der Waals surface area contributed by atoms with Crippen molar-refractivity contribution in [1.82, 2.24) is 0 Å². The summed E-state index contributed by atoms with van der Waals surface area (Å²) in [5.41, 5.74) is 21.3. The summed E-state index contributed by atoms with van der Waals surface area (Å²) in [7, 11) is 0. The molecule has 4 heteroatoms. The fourth-order valence-electron chi connectivity index (χ4n) is 13.4. The molecule has 0 saturated heterocycles. The lowest BCUT2D eigenvalue weighted by molar-refractivity contribution is 0.665. The highest BCUT2D eigenvalue weighted by molar-refractivity contribution is 6.21. The summed E-state index contributed by atoms with van der Waals surface area (Å²) in [6.45, 7) is 4.27. The number of hydrogen-bond acceptors (Lipinski definition) is 4. The largest absolute Gasteiger partial charge is 0.454 e. The molecule has 0 bridgehead atoms. The molecule has 0 amide bonds. The molecule has 1 spiro atoms. The second-order valence-corrected chi connectivity index (χ2v) is 20.3.